The lowest BCUT2D eigenvalue weighted by Gasteiger charge is -2.37. The van der Waals surface area contributed by atoms with Gasteiger partial charge in [-0.3, -0.25) is 4.79 Å². The van der Waals surface area contributed by atoms with Crippen molar-refractivity contribution in [3.8, 4) is 0 Å². The van der Waals surface area contributed by atoms with Crippen LogP contribution in [-0.4, -0.2) is 34.4 Å². The van der Waals surface area contributed by atoms with Crippen LogP contribution in [0.2, 0.25) is 0 Å². The molecule has 1 unspecified atom stereocenters. The van der Waals surface area contributed by atoms with Gasteiger partial charge in [-0.25, -0.2) is 4.98 Å². The lowest BCUT2D eigenvalue weighted by atomic mass is 9.93. The van der Waals surface area contributed by atoms with E-state index in [1.807, 2.05) is 4.90 Å². The fourth-order valence-electron chi connectivity index (χ4n) is 3.65. The zero-order valence-electron chi connectivity index (χ0n) is 13.7. The molecule has 1 saturated heterocycles. The van der Waals surface area contributed by atoms with E-state index in [-0.39, 0.29) is 5.91 Å². The molecule has 1 aliphatic heterocycles. The minimum atomic E-state index is -0.589. The summed E-state index contributed by atoms with van der Waals surface area (Å²) in [5, 5.41) is 3.36. The summed E-state index contributed by atoms with van der Waals surface area (Å²) in [6, 6.07) is 0. The SMILES string of the molecule is CC(C)c1csc(C2CCCN(C(=O)C3(N)CCCC3)C2)n1. The number of aromatic nitrogens is 1. The number of rotatable bonds is 3. The van der Waals surface area contributed by atoms with Crippen LogP contribution >= 0.6 is 11.3 Å². The van der Waals surface area contributed by atoms with Gasteiger partial charge in [-0.15, -0.1) is 11.3 Å². The molecular formula is C17H27N3OS. The van der Waals surface area contributed by atoms with Gasteiger partial charge in [-0.2, -0.15) is 0 Å². The minimum Gasteiger partial charge on any atom is -0.340 e. The molecule has 22 heavy (non-hydrogen) atoms. The van der Waals surface area contributed by atoms with Gasteiger partial charge in [0.1, 0.15) is 0 Å². The van der Waals surface area contributed by atoms with E-state index in [0.29, 0.717) is 11.8 Å². The second-order valence-electron chi connectivity index (χ2n) is 7.22. The highest BCUT2D eigenvalue weighted by atomic mass is 32.1. The van der Waals surface area contributed by atoms with Gasteiger partial charge in [-0.05, 0) is 31.6 Å². The molecule has 2 N–H and O–H groups in total. The molecule has 3 rings (SSSR count). The molecule has 0 bridgehead atoms. The number of carbonyl (C=O) groups is 1. The lowest BCUT2D eigenvalue weighted by Crippen LogP contribution is -2.55. The number of nitrogens with zero attached hydrogens (tertiary/aromatic N) is 2. The Labute approximate surface area is 137 Å². The van der Waals surface area contributed by atoms with E-state index in [9.17, 15) is 4.79 Å². The van der Waals surface area contributed by atoms with Crippen LogP contribution in [0, 0.1) is 0 Å². The third kappa shape index (κ3) is 3.06. The van der Waals surface area contributed by atoms with E-state index in [4.69, 9.17) is 10.7 Å². The molecule has 2 heterocycles. The number of carbonyl (C=O) groups excluding carboxylic acids is 1. The van der Waals surface area contributed by atoms with Crippen molar-refractivity contribution in [3.05, 3.63) is 16.1 Å². The predicted molar refractivity (Wildman–Crippen MR) is 90.1 cm³/mol. The Morgan fingerprint density at radius 3 is 2.77 bits per heavy atom. The Bertz CT molecular complexity index is 534. The van der Waals surface area contributed by atoms with E-state index >= 15 is 0 Å². The van der Waals surface area contributed by atoms with Crippen molar-refractivity contribution in [3.63, 3.8) is 0 Å². The van der Waals surface area contributed by atoms with Gasteiger partial charge < -0.3 is 10.6 Å². The molecular weight excluding hydrogens is 294 g/mol. The van der Waals surface area contributed by atoms with Gasteiger partial charge in [0.25, 0.3) is 0 Å². The number of amides is 1. The van der Waals surface area contributed by atoms with Crippen LogP contribution in [0.4, 0.5) is 0 Å². The van der Waals surface area contributed by atoms with Gasteiger partial charge in [0, 0.05) is 24.4 Å². The molecule has 2 aliphatic rings. The normalized spacial score (nSPS) is 24.9. The Hall–Kier alpha value is -0.940. The van der Waals surface area contributed by atoms with E-state index in [2.05, 4.69) is 19.2 Å². The maximum atomic E-state index is 12.8. The highest BCUT2D eigenvalue weighted by Crippen LogP contribution is 2.34. The molecule has 1 aromatic rings. The number of hydrogen-bond donors (Lipinski definition) is 1. The molecule has 2 fully saturated rings. The third-order valence-electron chi connectivity index (χ3n) is 5.11. The van der Waals surface area contributed by atoms with Crippen LogP contribution in [0.15, 0.2) is 5.38 Å². The topological polar surface area (TPSA) is 59.2 Å². The first kappa shape index (κ1) is 15.9. The van der Waals surface area contributed by atoms with Crippen molar-refractivity contribution < 1.29 is 4.79 Å². The van der Waals surface area contributed by atoms with Gasteiger partial charge in [0.15, 0.2) is 0 Å². The van der Waals surface area contributed by atoms with Crippen molar-refractivity contribution in [2.75, 3.05) is 13.1 Å². The largest absolute Gasteiger partial charge is 0.340 e. The standard InChI is InChI=1S/C17H27N3OS/c1-12(2)14-11-22-15(19-14)13-6-5-9-20(10-13)16(21)17(18)7-3-4-8-17/h11-13H,3-10,18H2,1-2H3. The van der Waals surface area contributed by atoms with Crippen molar-refractivity contribution in [2.45, 2.75) is 69.7 Å². The summed E-state index contributed by atoms with van der Waals surface area (Å²) in [5.41, 5.74) is 6.94. The fourth-order valence-corrected chi connectivity index (χ4v) is 4.76. The highest BCUT2D eigenvalue weighted by molar-refractivity contribution is 7.09. The van der Waals surface area contributed by atoms with Crippen molar-refractivity contribution in [1.29, 1.82) is 0 Å². The van der Waals surface area contributed by atoms with Crippen LogP contribution < -0.4 is 5.73 Å². The first-order chi connectivity index (χ1) is 10.5. The van der Waals surface area contributed by atoms with Crippen LogP contribution in [-0.2, 0) is 4.79 Å². The average Bonchev–Trinajstić information content (AvgIpc) is 3.16. The predicted octanol–water partition coefficient (Wildman–Crippen LogP) is 3.24. The minimum absolute atomic E-state index is 0.176. The molecule has 1 aliphatic carbocycles. The second kappa shape index (κ2) is 6.28. The molecule has 0 radical (unpaired) electrons. The summed E-state index contributed by atoms with van der Waals surface area (Å²) in [7, 11) is 0. The zero-order chi connectivity index (χ0) is 15.7. The van der Waals surface area contributed by atoms with Crippen molar-refractivity contribution >= 4 is 17.2 Å². The quantitative estimate of drug-likeness (QED) is 0.929. The second-order valence-corrected chi connectivity index (χ2v) is 8.11. The molecule has 4 nitrogen and oxygen atoms in total. The number of piperidine rings is 1. The van der Waals surface area contributed by atoms with Crippen molar-refractivity contribution in [2.24, 2.45) is 5.73 Å². The number of thiazole rings is 1. The maximum Gasteiger partial charge on any atom is 0.242 e. The summed E-state index contributed by atoms with van der Waals surface area (Å²) in [5.74, 6) is 1.03. The fraction of sp³-hybridized carbons (Fsp3) is 0.765. The Morgan fingerprint density at radius 2 is 2.14 bits per heavy atom. The molecule has 1 aromatic heterocycles. The molecule has 1 saturated carbocycles. The smallest absolute Gasteiger partial charge is 0.242 e. The lowest BCUT2D eigenvalue weighted by molar-refractivity contribution is -0.138. The summed E-state index contributed by atoms with van der Waals surface area (Å²) in [4.78, 5) is 19.6. The van der Waals surface area contributed by atoms with Crippen molar-refractivity contribution in [1.82, 2.24) is 9.88 Å². The monoisotopic (exact) mass is 321 g/mol. The van der Waals surface area contributed by atoms with Crippen LogP contribution in [0.3, 0.4) is 0 Å². The average molecular weight is 321 g/mol. The van der Waals surface area contributed by atoms with Gasteiger partial charge in [-0.1, -0.05) is 26.7 Å². The van der Waals surface area contributed by atoms with Gasteiger partial charge in [0.05, 0.1) is 16.2 Å². The summed E-state index contributed by atoms with van der Waals surface area (Å²) in [6.07, 6.45) is 6.06. The molecule has 1 atom stereocenters. The first-order valence-electron chi connectivity index (χ1n) is 8.53. The summed E-state index contributed by atoms with van der Waals surface area (Å²) in [6.45, 7) is 6.00. The molecule has 0 aromatic carbocycles. The Balaban J connectivity index is 1.69. The number of likely N-dealkylation sites (tertiary alicyclic amines) is 1. The van der Waals surface area contributed by atoms with E-state index in [1.165, 1.54) is 10.7 Å². The van der Waals surface area contributed by atoms with Gasteiger partial charge >= 0.3 is 0 Å². The van der Waals surface area contributed by atoms with E-state index in [0.717, 1.165) is 51.6 Å². The van der Waals surface area contributed by atoms with E-state index < -0.39 is 5.54 Å². The van der Waals surface area contributed by atoms with Crippen LogP contribution in [0.5, 0.6) is 0 Å². The summed E-state index contributed by atoms with van der Waals surface area (Å²) >= 11 is 1.75. The molecule has 122 valence electrons. The maximum absolute atomic E-state index is 12.8. The summed E-state index contributed by atoms with van der Waals surface area (Å²) < 4.78 is 0. The van der Waals surface area contributed by atoms with Gasteiger partial charge in [0.2, 0.25) is 5.91 Å². The van der Waals surface area contributed by atoms with Crippen LogP contribution in [0.1, 0.15) is 74.9 Å². The molecule has 0 spiro atoms. The highest BCUT2D eigenvalue weighted by Gasteiger charge is 2.41. The Kier molecular flexibility index (Phi) is 4.55. The number of hydrogen-bond acceptors (Lipinski definition) is 4. The molecule has 1 amide bonds. The zero-order valence-corrected chi connectivity index (χ0v) is 14.5. The number of nitrogens with two attached hydrogens (primary N) is 1. The van der Waals surface area contributed by atoms with E-state index in [1.54, 1.807) is 11.3 Å². The third-order valence-corrected chi connectivity index (χ3v) is 6.14. The molecule has 5 heteroatoms. The Morgan fingerprint density at radius 1 is 1.41 bits per heavy atom. The first-order valence-corrected chi connectivity index (χ1v) is 9.41. The van der Waals surface area contributed by atoms with Crippen LogP contribution in [0.25, 0.3) is 0 Å².